The number of hydrogen-bond acceptors (Lipinski definition) is 2. The fourth-order valence-corrected chi connectivity index (χ4v) is 5.31. The molecule has 38 heavy (non-hydrogen) atoms. The molecule has 3 aromatic rings. The Balaban J connectivity index is 2.12. The fraction of sp³-hybridized carbons (Fsp3) is 0.543. The maximum Gasteiger partial charge on any atom is 0.123 e. The largest absolute Gasteiger partial charge is 0.507 e. The summed E-state index contributed by atoms with van der Waals surface area (Å²) in [4.78, 5) is 0. The van der Waals surface area contributed by atoms with Crippen LogP contribution in [0.25, 0.3) is 0 Å². The Labute approximate surface area is 231 Å². The summed E-state index contributed by atoms with van der Waals surface area (Å²) in [7, 11) is 0. The summed E-state index contributed by atoms with van der Waals surface area (Å²) in [6.45, 7) is 28.9. The highest BCUT2D eigenvalue weighted by Crippen LogP contribution is 2.43. The maximum atomic E-state index is 11.2. The second-order valence-electron chi connectivity index (χ2n) is 15.3. The average molecular weight is 518 g/mol. The van der Waals surface area contributed by atoms with Crippen molar-refractivity contribution in [2.75, 3.05) is 0 Å². The van der Waals surface area contributed by atoms with E-state index >= 15 is 0 Å². The van der Waals surface area contributed by atoms with Crippen molar-refractivity contribution in [3.63, 3.8) is 0 Å². The maximum absolute atomic E-state index is 11.2. The van der Waals surface area contributed by atoms with Gasteiger partial charge in [-0.25, -0.2) is 0 Å². The first-order chi connectivity index (χ1) is 17.1. The van der Waals surface area contributed by atoms with Gasteiger partial charge in [0.05, 0.1) is 0 Å². The van der Waals surface area contributed by atoms with Crippen LogP contribution >= 0.6 is 0 Å². The number of benzene rings is 2. The summed E-state index contributed by atoms with van der Waals surface area (Å²) in [5, 5.41) is 22.4. The van der Waals surface area contributed by atoms with E-state index in [2.05, 4.69) is 137 Å². The highest BCUT2D eigenvalue weighted by molar-refractivity contribution is 5.52. The normalized spacial score (nSPS) is 14.1. The first-order valence-electron chi connectivity index (χ1n) is 14.0. The molecule has 1 aromatic heterocycles. The van der Waals surface area contributed by atoms with Gasteiger partial charge in [0.2, 0.25) is 0 Å². The van der Waals surface area contributed by atoms with Crippen LogP contribution in [0.5, 0.6) is 11.5 Å². The van der Waals surface area contributed by atoms with Crippen LogP contribution in [-0.4, -0.2) is 14.8 Å². The van der Waals surface area contributed by atoms with Crippen molar-refractivity contribution in [1.29, 1.82) is 0 Å². The molecule has 0 amide bonds. The second-order valence-corrected chi connectivity index (χ2v) is 15.3. The minimum Gasteiger partial charge on any atom is -0.507 e. The fourth-order valence-electron chi connectivity index (χ4n) is 5.31. The SMILES string of the molecule is CC(c1cc(C(C)(C)C)c(O)c(C(C)(C)C)c1)c1cccn1Cc1cc(C(C)(C)C)c(O)c(C(C)(C)C)c1. The molecule has 2 N–H and O–H groups in total. The van der Waals surface area contributed by atoms with E-state index in [0.717, 1.165) is 28.8 Å². The van der Waals surface area contributed by atoms with Crippen molar-refractivity contribution in [2.45, 2.75) is 124 Å². The van der Waals surface area contributed by atoms with Crippen LogP contribution in [0.4, 0.5) is 0 Å². The molecule has 0 saturated heterocycles. The molecule has 0 saturated carbocycles. The monoisotopic (exact) mass is 517 g/mol. The minimum atomic E-state index is -0.166. The molecule has 1 heterocycles. The Hall–Kier alpha value is -2.68. The Bertz CT molecular complexity index is 1230. The van der Waals surface area contributed by atoms with Crippen molar-refractivity contribution in [3.8, 4) is 11.5 Å². The predicted octanol–water partition coefficient (Wildman–Crippen LogP) is 9.29. The zero-order chi connectivity index (χ0) is 29.0. The van der Waals surface area contributed by atoms with E-state index < -0.39 is 0 Å². The van der Waals surface area contributed by atoms with Crippen LogP contribution < -0.4 is 0 Å². The van der Waals surface area contributed by atoms with Gasteiger partial charge < -0.3 is 14.8 Å². The van der Waals surface area contributed by atoms with Crippen LogP contribution in [-0.2, 0) is 28.2 Å². The molecule has 0 aliphatic heterocycles. The number of phenolic OH excluding ortho intramolecular Hbond substituents is 2. The summed E-state index contributed by atoms with van der Waals surface area (Å²) in [6.07, 6.45) is 2.15. The van der Waals surface area contributed by atoms with E-state index in [1.54, 1.807) is 0 Å². The van der Waals surface area contributed by atoms with Crippen LogP contribution in [0, 0.1) is 0 Å². The van der Waals surface area contributed by atoms with Crippen LogP contribution in [0.2, 0.25) is 0 Å². The Morgan fingerprint density at radius 2 is 1.00 bits per heavy atom. The molecular formula is C35H51NO2. The molecular weight excluding hydrogens is 466 g/mol. The number of aromatic nitrogens is 1. The lowest BCUT2D eigenvalue weighted by atomic mass is 9.77. The average Bonchev–Trinajstić information content (AvgIpc) is 3.19. The summed E-state index contributed by atoms with van der Waals surface area (Å²) < 4.78 is 2.33. The van der Waals surface area contributed by atoms with Gasteiger partial charge in [0, 0.05) is 24.4 Å². The van der Waals surface area contributed by atoms with Gasteiger partial charge in [0.15, 0.2) is 0 Å². The van der Waals surface area contributed by atoms with Gasteiger partial charge in [-0.15, -0.1) is 0 Å². The highest BCUT2D eigenvalue weighted by atomic mass is 16.3. The van der Waals surface area contributed by atoms with Crippen molar-refractivity contribution in [3.05, 3.63) is 81.7 Å². The van der Waals surface area contributed by atoms with Gasteiger partial charge in [0.25, 0.3) is 0 Å². The topological polar surface area (TPSA) is 45.4 Å². The number of nitrogens with zero attached hydrogens (tertiary/aromatic N) is 1. The standard InChI is InChI=1S/C35H51NO2/c1-22(24-19-27(34(8,9)10)31(38)28(20-24)35(11,12)13)29-15-14-16-36(29)21-23-17-25(32(2,3)4)30(37)26(18-23)33(5,6)7/h14-20,22,37-38H,21H2,1-13H3. The van der Waals surface area contributed by atoms with Gasteiger partial charge in [-0.1, -0.05) is 102 Å². The third kappa shape index (κ3) is 6.14. The molecule has 2 aromatic carbocycles. The zero-order valence-corrected chi connectivity index (χ0v) is 26.2. The lowest BCUT2D eigenvalue weighted by molar-refractivity contribution is 0.421. The summed E-state index contributed by atoms with van der Waals surface area (Å²) in [5.41, 5.74) is 6.96. The molecule has 1 atom stereocenters. The molecule has 3 nitrogen and oxygen atoms in total. The number of hydrogen-bond donors (Lipinski definition) is 2. The molecule has 0 aliphatic rings. The van der Waals surface area contributed by atoms with Crippen LogP contribution in [0.1, 0.15) is 135 Å². The Kier molecular flexibility index (Phi) is 7.71. The second kappa shape index (κ2) is 9.81. The Morgan fingerprint density at radius 3 is 1.37 bits per heavy atom. The first-order valence-corrected chi connectivity index (χ1v) is 14.0. The zero-order valence-electron chi connectivity index (χ0n) is 26.2. The third-order valence-electron chi connectivity index (χ3n) is 7.70. The lowest BCUT2D eigenvalue weighted by Crippen LogP contribution is -2.19. The van der Waals surface area contributed by atoms with Crippen molar-refractivity contribution in [2.24, 2.45) is 0 Å². The molecule has 0 radical (unpaired) electrons. The molecule has 0 fully saturated rings. The van der Waals surface area contributed by atoms with Crippen LogP contribution in [0.15, 0.2) is 42.6 Å². The quantitative estimate of drug-likeness (QED) is 0.362. The molecule has 0 spiro atoms. The van der Waals surface area contributed by atoms with E-state index in [1.807, 2.05) is 0 Å². The van der Waals surface area contributed by atoms with Crippen molar-refractivity contribution < 1.29 is 10.2 Å². The first kappa shape index (κ1) is 29.9. The number of phenols is 2. The molecule has 0 bridgehead atoms. The molecule has 3 heteroatoms. The van der Waals surface area contributed by atoms with E-state index in [9.17, 15) is 10.2 Å². The summed E-state index contributed by atoms with van der Waals surface area (Å²) >= 11 is 0. The molecule has 3 rings (SSSR count). The van der Waals surface area contributed by atoms with E-state index in [-0.39, 0.29) is 27.6 Å². The van der Waals surface area contributed by atoms with Crippen molar-refractivity contribution >= 4 is 0 Å². The molecule has 0 aliphatic carbocycles. The number of rotatable bonds is 4. The summed E-state index contributed by atoms with van der Waals surface area (Å²) in [6, 6.07) is 13.1. The molecule has 1 unspecified atom stereocenters. The van der Waals surface area contributed by atoms with E-state index in [0.29, 0.717) is 11.5 Å². The minimum absolute atomic E-state index is 0.147. The lowest BCUT2D eigenvalue weighted by Gasteiger charge is -2.30. The molecule has 208 valence electrons. The van der Waals surface area contributed by atoms with Gasteiger partial charge >= 0.3 is 0 Å². The predicted molar refractivity (Wildman–Crippen MR) is 162 cm³/mol. The third-order valence-corrected chi connectivity index (χ3v) is 7.70. The van der Waals surface area contributed by atoms with Gasteiger partial charge in [-0.2, -0.15) is 0 Å². The Morgan fingerprint density at radius 1 is 0.632 bits per heavy atom. The smallest absolute Gasteiger partial charge is 0.123 e. The van der Waals surface area contributed by atoms with E-state index in [4.69, 9.17) is 0 Å². The van der Waals surface area contributed by atoms with E-state index in [1.165, 1.54) is 16.8 Å². The van der Waals surface area contributed by atoms with Gasteiger partial charge in [-0.05, 0) is 79.3 Å². The number of aromatic hydroxyl groups is 2. The summed E-state index contributed by atoms with van der Waals surface area (Å²) in [5.74, 6) is 0.988. The van der Waals surface area contributed by atoms with Gasteiger partial charge in [0.1, 0.15) is 11.5 Å². The van der Waals surface area contributed by atoms with Crippen molar-refractivity contribution in [1.82, 2.24) is 4.57 Å². The highest BCUT2D eigenvalue weighted by Gasteiger charge is 2.29. The van der Waals surface area contributed by atoms with Crippen LogP contribution in [0.3, 0.4) is 0 Å². The van der Waals surface area contributed by atoms with Gasteiger partial charge in [-0.3, -0.25) is 0 Å².